The minimum absolute atomic E-state index is 0.00969. The third-order valence-corrected chi connectivity index (χ3v) is 4.25. The second-order valence-electron chi connectivity index (χ2n) is 6.00. The van der Waals surface area contributed by atoms with E-state index in [1.54, 1.807) is 18.5 Å². The van der Waals surface area contributed by atoms with Crippen LogP contribution in [-0.4, -0.2) is 33.9 Å². The Bertz CT molecular complexity index is 736. The van der Waals surface area contributed by atoms with Crippen LogP contribution in [0.1, 0.15) is 18.4 Å². The van der Waals surface area contributed by atoms with Crippen molar-refractivity contribution in [1.29, 1.82) is 0 Å². The molecule has 8 heteroatoms. The third-order valence-electron chi connectivity index (χ3n) is 4.25. The number of hydrogen-bond donors (Lipinski definition) is 1. The number of rotatable bonds is 5. The van der Waals surface area contributed by atoms with E-state index in [1.165, 1.54) is 12.3 Å². The molecule has 3 heterocycles. The minimum atomic E-state index is -0.471. The highest BCUT2D eigenvalue weighted by molar-refractivity contribution is 5.79. The normalized spacial score (nSPS) is 17.1. The molecule has 8 nitrogen and oxygen atoms in total. The van der Waals surface area contributed by atoms with Crippen LogP contribution in [0.25, 0.3) is 0 Å². The summed E-state index contributed by atoms with van der Waals surface area (Å²) in [4.78, 5) is 32.9. The first-order valence-corrected chi connectivity index (χ1v) is 8.15. The first-order valence-electron chi connectivity index (χ1n) is 8.15. The first-order chi connectivity index (χ1) is 12.1. The number of carbonyl (C=O) groups excluding carboxylic acids is 1. The quantitative estimate of drug-likeness (QED) is 0.658. The summed E-state index contributed by atoms with van der Waals surface area (Å²) in [5.74, 6) is 0.549. The average molecular weight is 341 g/mol. The van der Waals surface area contributed by atoms with Gasteiger partial charge in [-0.1, -0.05) is 6.07 Å². The van der Waals surface area contributed by atoms with E-state index in [2.05, 4.69) is 15.3 Å². The van der Waals surface area contributed by atoms with Crippen LogP contribution in [0.3, 0.4) is 0 Å². The van der Waals surface area contributed by atoms with Gasteiger partial charge in [-0.15, -0.1) is 0 Å². The van der Waals surface area contributed by atoms with Gasteiger partial charge in [-0.05, 0) is 30.5 Å². The monoisotopic (exact) mass is 341 g/mol. The zero-order valence-corrected chi connectivity index (χ0v) is 13.7. The summed E-state index contributed by atoms with van der Waals surface area (Å²) in [6.07, 6.45) is 6.38. The van der Waals surface area contributed by atoms with Crippen molar-refractivity contribution in [3.63, 3.8) is 0 Å². The topological polar surface area (TPSA) is 101 Å². The van der Waals surface area contributed by atoms with Gasteiger partial charge in [0.25, 0.3) is 5.69 Å². The fourth-order valence-electron chi connectivity index (χ4n) is 2.91. The van der Waals surface area contributed by atoms with Crippen molar-refractivity contribution >= 4 is 17.4 Å². The lowest BCUT2D eigenvalue weighted by Gasteiger charge is -2.32. The molecule has 3 rings (SSSR count). The Morgan fingerprint density at radius 2 is 2.24 bits per heavy atom. The van der Waals surface area contributed by atoms with Crippen molar-refractivity contribution in [2.45, 2.75) is 19.4 Å². The fourth-order valence-corrected chi connectivity index (χ4v) is 2.91. The van der Waals surface area contributed by atoms with Crippen LogP contribution < -0.4 is 10.2 Å². The molecule has 0 aromatic carbocycles. The Kier molecular flexibility index (Phi) is 5.17. The molecule has 1 saturated heterocycles. The summed E-state index contributed by atoms with van der Waals surface area (Å²) < 4.78 is 0. The van der Waals surface area contributed by atoms with Crippen LogP contribution in [0.2, 0.25) is 0 Å². The van der Waals surface area contributed by atoms with Crippen LogP contribution in [0, 0.1) is 16.0 Å². The van der Waals surface area contributed by atoms with Crippen LogP contribution in [0.4, 0.5) is 11.5 Å². The van der Waals surface area contributed by atoms with Gasteiger partial charge < -0.3 is 10.2 Å². The molecule has 0 saturated carbocycles. The van der Waals surface area contributed by atoms with Gasteiger partial charge in [-0.25, -0.2) is 4.98 Å². The summed E-state index contributed by atoms with van der Waals surface area (Å²) in [6, 6.07) is 6.83. The van der Waals surface area contributed by atoms with Gasteiger partial charge in [0, 0.05) is 38.1 Å². The Hall–Kier alpha value is -3.03. The van der Waals surface area contributed by atoms with Crippen molar-refractivity contribution in [2.24, 2.45) is 5.92 Å². The summed E-state index contributed by atoms with van der Waals surface area (Å²) in [7, 11) is 0. The van der Waals surface area contributed by atoms with E-state index in [9.17, 15) is 14.9 Å². The van der Waals surface area contributed by atoms with Gasteiger partial charge in [-0.2, -0.15) is 0 Å². The highest BCUT2D eigenvalue weighted by Gasteiger charge is 2.26. The molecule has 1 amide bonds. The Labute approximate surface area is 145 Å². The summed E-state index contributed by atoms with van der Waals surface area (Å²) >= 11 is 0. The van der Waals surface area contributed by atoms with E-state index in [0.29, 0.717) is 18.9 Å². The number of nitrogens with one attached hydrogen (secondary N) is 1. The number of pyridine rings is 2. The zero-order valence-electron chi connectivity index (χ0n) is 13.7. The van der Waals surface area contributed by atoms with Gasteiger partial charge in [0.2, 0.25) is 5.91 Å². The van der Waals surface area contributed by atoms with E-state index >= 15 is 0 Å². The number of amides is 1. The van der Waals surface area contributed by atoms with E-state index in [1.807, 2.05) is 17.0 Å². The molecule has 0 radical (unpaired) electrons. The summed E-state index contributed by atoms with van der Waals surface area (Å²) in [6.45, 7) is 1.81. The van der Waals surface area contributed by atoms with E-state index in [4.69, 9.17) is 0 Å². The van der Waals surface area contributed by atoms with Gasteiger partial charge in [0.1, 0.15) is 12.0 Å². The minimum Gasteiger partial charge on any atom is -0.356 e. The van der Waals surface area contributed by atoms with Crippen LogP contribution >= 0.6 is 0 Å². The van der Waals surface area contributed by atoms with Gasteiger partial charge in [0.05, 0.1) is 10.8 Å². The van der Waals surface area contributed by atoms with Gasteiger partial charge >= 0.3 is 0 Å². The number of piperidine rings is 1. The maximum Gasteiger partial charge on any atom is 0.287 e. The van der Waals surface area contributed by atoms with Gasteiger partial charge in [0.15, 0.2) is 0 Å². The molecule has 1 fully saturated rings. The number of carbonyl (C=O) groups is 1. The Balaban J connectivity index is 1.58. The first kappa shape index (κ1) is 16.8. The number of anilines is 1. The average Bonchev–Trinajstić information content (AvgIpc) is 2.67. The summed E-state index contributed by atoms with van der Waals surface area (Å²) in [5.41, 5.74) is 0.923. The second-order valence-corrected chi connectivity index (χ2v) is 6.00. The largest absolute Gasteiger partial charge is 0.356 e. The molecule has 2 aromatic heterocycles. The Morgan fingerprint density at radius 3 is 2.92 bits per heavy atom. The molecule has 0 aliphatic carbocycles. The van der Waals surface area contributed by atoms with E-state index in [0.717, 1.165) is 24.9 Å². The standard InChI is InChI=1S/C17H19N5O3/c23-17(20-10-13-3-1-7-18-9-13)14-4-2-8-21(12-14)16-6-5-15(11-19-16)22(24)25/h1,3,5-7,9,11,14H,2,4,8,10,12H2,(H,20,23)/t14-/m1/s1. The zero-order chi connectivity index (χ0) is 17.6. The molecule has 1 N–H and O–H groups in total. The van der Waals surface area contributed by atoms with Crippen molar-refractivity contribution < 1.29 is 9.72 Å². The SMILES string of the molecule is O=C(NCc1cccnc1)[C@@H]1CCCN(c2ccc([N+](=O)[O-])cn2)C1. The van der Waals surface area contributed by atoms with Crippen molar-refractivity contribution in [3.05, 3.63) is 58.5 Å². The molecule has 1 aliphatic heterocycles. The maximum absolute atomic E-state index is 12.4. The van der Waals surface area contributed by atoms with Crippen molar-refractivity contribution in [2.75, 3.05) is 18.0 Å². The lowest BCUT2D eigenvalue weighted by atomic mass is 9.97. The van der Waals surface area contributed by atoms with E-state index < -0.39 is 4.92 Å². The lowest BCUT2D eigenvalue weighted by Crippen LogP contribution is -2.43. The molecule has 25 heavy (non-hydrogen) atoms. The number of nitrogens with zero attached hydrogens (tertiary/aromatic N) is 4. The fraction of sp³-hybridized carbons (Fsp3) is 0.353. The maximum atomic E-state index is 12.4. The molecule has 2 aromatic rings. The second kappa shape index (κ2) is 7.69. The van der Waals surface area contributed by atoms with Gasteiger partial charge in [-0.3, -0.25) is 19.9 Å². The van der Waals surface area contributed by atoms with Crippen LogP contribution in [0.5, 0.6) is 0 Å². The molecule has 130 valence electrons. The molecule has 0 bridgehead atoms. The van der Waals surface area contributed by atoms with Crippen LogP contribution in [0.15, 0.2) is 42.9 Å². The molecule has 0 spiro atoms. The predicted octanol–water partition coefficient (Wildman–Crippen LogP) is 1.92. The number of aromatic nitrogens is 2. The third kappa shape index (κ3) is 4.28. The molecular formula is C17H19N5O3. The predicted molar refractivity (Wildman–Crippen MR) is 91.9 cm³/mol. The van der Waals surface area contributed by atoms with Crippen molar-refractivity contribution in [3.8, 4) is 0 Å². The van der Waals surface area contributed by atoms with E-state index in [-0.39, 0.29) is 17.5 Å². The number of nitro groups is 1. The molecule has 0 unspecified atom stereocenters. The highest BCUT2D eigenvalue weighted by atomic mass is 16.6. The Morgan fingerprint density at radius 1 is 1.36 bits per heavy atom. The highest BCUT2D eigenvalue weighted by Crippen LogP contribution is 2.23. The lowest BCUT2D eigenvalue weighted by molar-refractivity contribution is -0.385. The molecule has 1 atom stereocenters. The van der Waals surface area contributed by atoms with Crippen LogP contribution in [-0.2, 0) is 11.3 Å². The molecular weight excluding hydrogens is 322 g/mol. The molecule has 1 aliphatic rings. The summed E-state index contributed by atoms with van der Waals surface area (Å²) in [5, 5.41) is 13.7. The van der Waals surface area contributed by atoms with Crippen molar-refractivity contribution in [1.82, 2.24) is 15.3 Å². The number of hydrogen-bond acceptors (Lipinski definition) is 6. The smallest absolute Gasteiger partial charge is 0.287 e.